The molecule has 8 nitrogen and oxygen atoms in total. The zero-order valence-corrected chi connectivity index (χ0v) is 19.6. The van der Waals surface area contributed by atoms with E-state index in [-0.39, 0.29) is 12.6 Å². The predicted molar refractivity (Wildman–Crippen MR) is 132 cm³/mol. The first-order valence-corrected chi connectivity index (χ1v) is 11.6. The van der Waals surface area contributed by atoms with E-state index in [2.05, 4.69) is 17.0 Å². The summed E-state index contributed by atoms with van der Waals surface area (Å²) in [5, 5.41) is 15.0. The fourth-order valence-electron chi connectivity index (χ4n) is 3.88. The zero-order chi connectivity index (χ0) is 23.9. The van der Waals surface area contributed by atoms with Crippen LogP contribution in [-0.2, 0) is 11.3 Å². The van der Waals surface area contributed by atoms with Gasteiger partial charge in [0.1, 0.15) is 5.75 Å². The number of fused-ring (bicyclic) bond motifs is 1. The van der Waals surface area contributed by atoms with E-state index in [0.717, 1.165) is 52.9 Å². The van der Waals surface area contributed by atoms with Crippen molar-refractivity contribution in [2.75, 3.05) is 20.3 Å². The van der Waals surface area contributed by atoms with E-state index in [1.165, 1.54) is 0 Å². The number of methoxy groups -OCH3 is 1. The van der Waals surface area contributed by atoms with Crippen molar-refractivity contribution in [2.24, 2.45) is 5.73 Å². The molecule has 0 aliphatic carbocycles. The van der Waals surface area contributed by atoms with Crippen molar-refractivity contribution >= 4 is 10.9 Å². The van der Waals surface area contributed by atoms with Gasteiger partial charge in [0.15, 0.2) is 5.82 Å². The number of hydrogen-bond donors (Lipinski definition) is 2. The Kier molecular flexibility index (Phi) is 7.84. The summed E-state index contributed by atoms with van der Waals surface area (Å²) in [7, 11) is 1.68. The van der Waals surface area contributed by atoms with E-state index in [1.54, 1.807) is 24.1 Å². The lowest BCUT2D eigenvalue weighted by Crippen LogP contribution is -2.11. The molecule has 0 amide bonds. The lowest BCUT2D eigenvalue weighted by Gasteiger charge is -2.13. The standard InChI is InChI=1S/C26H31N5O3/c1-3-7-21(27)23-10-5-9-22(30-23)18-14-24-20(25(15-18)34-13-6-12-33-2)16-28-31(24)26-11-4-8-19(17-32)29-26/h4-5,8-11,14-16,21,32H,3,6-7,12-13,17,27H2,1-2H3. The molecule has 0 radical (unpaired) electrons. The zero-order valence-electron chi connectivity index (χ0n) is 19.6. The average molecular weight is 462 g/mol. The summed E-state index contributed by atoms with van der Waals surface area (Å²) >= 11 is 0. The van der Waals surface area contributed by atoms with E-state index in [9.17, 15) is 5.11 Å². The molecule has 4 rings (SSSR count). The molecule has 0 aliphatic rings. The maximum absolute atomic E-state index is 9.52. The van der Waals surface area contributed by atoms with Crippen LogP contribution < -0.4 is 10.5 Å². The van der Waals surface area contributed by atoms with E-state index >= 15 is 0 Å². The fourth-order valence-corrected chi connectivity index (χ4v) is 3.88. The van der Waals surface area contributed by atoms with Crippen molar-refractivity contribution in [3.63, 3.8) is 0 Å². The second kappa shape index (κ2) is 11.2. The highest BCUT2D eigenvalue weighted by Crippen LogP contribution is 2.33. The maximum Gasteiger partial charge on any atom is 0.154 e. The van der Waals surface area contributed by atoms with Gasteiger partial charge in [0.25, 0.3) is 0 Å². The Hall–Kier alpha value is -3.33. The molecule has 0 aliphatic heterocycles. The minimum atomic E-state index is -0.138. The molecule has 178 valence electrons. The number of benzene rings is 1. The number of aliphatic hydroxyl groups is 1. The van der Waals surface area contributed by atoms with Crippen LogP contribution >= 0.6 is 0 Å². The van der Waals surface area contributed by atoms with Crippen LogP contribution in [0.3, 0.4) is 0 Å². The van der Waals surface area contributed by atoms with E-state index in [1.807, 2.05) is 42.5 Å². The second-order valence-corrected chi connectivity index (χ2v) is 8.15. The van der Waals surface area contributed by atoms with Crippen LogP contribution in [0.25, 0.3) is 28.0 Å². The molecular weight excluding hydrogens is 430 g/mol. The lowest BCUT2D eigenvalue weighted by atomic mass is 10.1. The van der Waals surface area contributed by atoms with Crippen molar-refractivity contribution in [2.45, 2.75) is 38.8 Å². The molecule has 8 heteroatoms. The van der Waals surface area contributed by atoms with Crippen LogP contribution in [0, 0.1) is 0 Å². The molecule has 4 aromatic rings. The van der Waals surface area contributed by atoms with Gasteiger partial charge in [-0.3, -0.25) is 4.98 Å². The third kappa shape index (κ3) is 5.25. The topological polar surface area (TPSA) is 108 Å². The molecule has 0 saturated carbocycles. The van der Waals surface area contributed by atoms with Gasteiger partial charge in [-0.25, -0.2) is 9.67 Å². The number of nitrogens with zero attached hydrogens (tertiary/aromatic N) is 4. The summed E-state index contributed by atoms with van der Waals surface area (Å²) in [6.45, 7) is 3.12. The summed E-state index contributed by atoms with van der Waals surface area (Å²) in [5.74, 6) is 1.34. The molecule has 0 bridgehead atoms. The Morgan fingerprint density at radius 1 is 1.09 bits per heavy atom. The minimum absolute atomic E-state index is 0.102. The summed E-state index contributed by atoms with van der Waals surface area (Å²) in [5.41, 5.74) is 10.3. The lowest BCUT2D eigenvalue weighted by molar-refractivity contribution is 0.172. The normalized spacial score (nSPS) is 12.2. The van der Waals surface area contributed by atoms with Crippen molar-refractivity contribution in [1.82, 2.24) is 19.7 Å². The van der Waals surface area contributed by atoms with E-state index in [0.29, 0.717) is 24.7 Å². The quantitative estimate of drug-likeness (QED) is 0.322. The first-order chi connectivity index (χ1) is 16.6. The van der Waals surface area contributed by atoms with Crippen LogP contribution in [0.15, 0.2) is 54.7 Å². The third-order valence-corrected chi connectivity index (χ3v) is 5.62. The third-order valence-electron chi connectivity index (χ3n) is 5.62. The molecule has 0 fully saturated rings. The molecule has 34 heavy (non-hydrogen) atoms. The Balaban J connectivity index is 1.81. The van der Waals surface area contributed by atoms with Crippen LogP contribution in [0.5, 0.6) is 5.75 Å². The van der Waals surface area contributed by atoms with Crippen molar-refractivity contribution < 1.29 is 14.6 Å². The minimum Gasteiger partial charge on any atom is -0.493 e. The van der Waals surface area contributed by atoms with Gasteiger partial charge < -0.3 is 20.3 Å². The number of aromatic nitrogens is 4. The summed E-state index contributed by atoms with van der Waals surface area (Å²) < 4.78 is 13.1. The van der Waals surface area contributed by atoms with Gasteiger partial charge in [-0.15, -0.1) is 0 Å². The van der Waals surface area contributed by atoms with Crippen molar-refractivity contribution in [3.8, 4) is 22.8 Å². The fraction of sp³-hybridized carbons (Fsp3) is 0.346. The van der Waals surface area contributed by atoms with Gasteiger partial charge in [-0.2, -0.15) is 5.10 Å². The molecule has 1 unspecified atom stereocenters. The molecule has 0 saturated heterocycles. The Morgan fingerprint density at radius 2 is 1.94 bits per heavy atom. The van der Waals surface area contributed by atoms with Gasteiger partial charge >= 0.3 is 0 Å². The molecule has 3 heterocycles. The molecule has 3 aromatic heterocycles. The number of ether oxygens (including phenoxy) is 2. The van der Waals surface area contributed by atoms with E-state index in [4.69, 9.17) is 20.2 Å². The highest BCUT2D eigenvalue weighted by molar-refractivity contribution is 5.90. The molecule has 1 aromatic carbocycles. The van der Waals surface area contributed by atoms with Crippen molar-refractivity contribution in [1.29, 1.82) is 0 Å². The monoisotopic (exact) mass is 461 g/mol. The van der Waals surface area contributed by atoms with E-state index < -0.39 is 0 Å². The maximum atomic E-state index is 9.52. The molecule has 3 N–H and O–H groups in total. The van der Waals surface area contributed by atoms with Crippen LogP contribution in [0.4, 0.5) is 0 Å². The van der Waals surface area contributed by atoms with Crippen molar-refractivity contribution in [3.05, 3.63) is 66.1 Å². The SMILES string of the molecule is CCCC(N)c1cccc(-c2cc(OCCCOC)c3cnn(-c4cccc(CO)n4)c3c2)n1. The molecule has 1 atom stereocenters. The average Bonchev–Trinajstić information content (AvgIpc) is 3.31. The highest BCUT2D eigenvalue weighted by atomic mass is 16.5. The number of aliphatic hydroxyl groups excluding tert-OH is 1. The molecular formula is C26H31N5O3. The number of rotatable bonds is 11. The van der Waals surface area contributed by atoms with Gasteiger partial charge in [-0.05, 0) is 42.8 Å². The Bertz CT molecular complexity index is 1240. The van der Waals surface area contributed by atoms with Gasteiger partial charge in [0.2, 0.25) is 0 Å². The number of pyridine rings is 2. The Morgan fingerprint density at radius 3 is 2.74 bits per heavy atom. The summed E-state index contributed by atoms with van der Waals surface area (Å²) in [6.07, 6.45) is 4.43. The van der Waals surface area contributed by atoms with Crippen LogP contribution in [0.1, 0.15) is 43.6 Å². The summed E-state index contributed by atoms with van der Waals surface area (Å²) in [6, 6.07) is 15.4. The van der Waals surface area contributed by atoms with Gasteiger partial charge in [-0.1, -0.05) is 25.5 Å². The predicted octanol–water partition coefficient (Wildman–Crippen LogP) is 4.19. The highest BCUT2D eigenvalue weighted by Gasteiger charge is 2.16. The van der Waals surface area contributed by atoms with Crippen LogP contribution in [-0.4, -0.2) is 45.2 Å². The van der Waals surface area contributed by atoms with Gasteiger partial charge in [0, 0.05) is 31.7 Å². The summed E-state index contributed by atoms with van der Waals surface area (Å²) in [4.78, 5) is 9.38. The smallest absolute Gasteiger partial charge is 0.154 e. The first-order valence-electron chi connectivity index (χ1n) is 11.6. The van der Waals surface area contributed by atoms with Gasteiger partial charge in [0.05, 0.1) is 47.4 Å². The largest absolute Gasteiger partial charge is 0.493 e. The van der Waals surface area contributed by atoms with Crippen LogP contribution in [0.2, 0.25) is 0 Å². The number of nitrogens with two attached hydrogens (primary N) is 1. The number of hydrogen-bond acceptors (Lipinski definition) is 7. The molecule has 0 spiro atoms. The first kappa shape index (κ1) is 23.8. The Labute approximate surface area is 199 Å². The second-order valence-electron chi connectivity index (χ2n) is 8.15.